The molecule has 22 heavy (non-hydrogen) atoms. The molecule has 0 aliphatic carbocycles. The minimum atomic E-state index is -0.135. The highest BCUT2D eigenvalue weighted by atomic mass is 79.9. The van der Waals surface area contributed by atoms with Gasteiger partial charge in [0.05, 0.1) is 0 Å². The lowest BCUT2D eigenvalue weighted by Gasteiger charge is -2.11. The van der Waals surface area contributed by atoms with Crippen molar-refractivity contribution in [2.75, 3.05) is 5.73 Å². The van der Waals surface area contributed by atoms with Gasteiger partial charge in [-0.2, -0.15) is 0 Å². The van der Waals surface area contributed by atoms with Gasteiger partial charge in [0.1, 0.15) is 5.78 Å². The van der Waals surface area contributed by atoms with E-state index in [4.69, 9.17) is 5.73 Å². The first-order chi connectivity index (χ1) is 10.4. The fourth-order valence-corrected chi connectivity index (χ4v) is 2.38. The van der Waals surface area contributed by atoms with Gasteiger partial charge in [-0.05, 0) is 35.9 Å². The van der Waals surface area contributed by atoms with Gasteiger partial charge in [-0.3, -0.25) is 9.59 Å². The van der Waals surface area contributed by atoms with E-state index in [1.54, 1.807) is 30.3 Å². The van der Waals surface area contributed by atoms with Crippen LogP contribution >= 0.6 is 15.9 Å². The highest BCUT2D eigenvalue weighted by molar-refractivity contribution is 9.10. The largest absolute Gasteiger partial charge is 0.398 e. The molecule has 0 heterocycles. The molecule has 2 aromatic rings. The van der Waals surface area contributed by atoms with Crippen LogP contribution in [0, 0.1) is 5.92 Å². The van der Waals surface area contributed by atoms with Gasteiger partial charge in [-0.25, -0.2) is 0 Å². The first-order valence-corrected chi connectivity index (χ1v) is 7.89. The standard InChI is InChI=1S/C18H18BrNO2/c1-11(2)16(21)10-13-4-3-5-15(17(13)20)18(22)12-6-8-14(19)9-7-12/h3-9,11H,10,20H2,1-2H3. The van der Waals surface area contributed by atoms with Gasteiger partial charge in [-0.15, -0.1) is 0 Å². The smallest absolute Gasteiger partial charge is 0.195 e. The van der Waals surface area contributed by atoms with Gasteiger partial charge in [-0.1, -0.05) is 41.9 Å². The highest BCUT2D eigenvalue weighted by Gasteiger charge is 2.17. The van der Waals surface area contributed by atoms with Crippen molar-refractivity contribution in [3.8, 4) is 0 Å². The maximum Gasteiger partial charge on any atom is 0.195 e. The van der Waals surface area contributed by atoms with Crippen LogP contribution < -0.4 is 5.73 Å². The average Bonchev–Trinajstić information content (AvgIpc) is 2.49. The molecule has 0 aliphatic heterocycles. The van der Waals surface area contributed by atoms with Gasteiger partial charge in [0, 0.05) is 33.6 Å². The summed E-state index contributed by atoms with van der Waals surface area (Å²) in [6.45, 7) is 3.71. The molecule has 0 aromatic heterocycles. The highest BCUT2D eigenvalue weighted by Crippen LogP contribution is 2.23. The summed E-state index contributed by atoms with van der Waals surface area (Å²) in [7, 11) is 0. The van der Waals surface area contributed by atoms with Crippen molar-refractivity contribution in [1.82, 2.24) is 0 Å². The Morgan fingerprint density at radius 2 is 1.73 bits per heavy atom. The van der Waals surface area contributed by atoms with Gasteiger partial charge < -0.3 is 5.73 Å². The zero-order valence-corrected chi connectivity index (χ0v) is 14.2. The summed E-state index contributed by atoms with van der Waals surface area (Å²) in [5, 5.41) is 0. The molecule has 4 heteroatoms. The van der Waals surface area contributed by atoms with Crippen LogP contribution in [0.15, 0.2) is 46.9 Å². The Morgan fingerprint density at radius 1 is 1.09 bits per heavy atom. The lowest BCUT2D eigenvalue weighted by molar-refractivity contribution is -0.121. The van der Waals surface area contributed by atoms with Gasteiger partial charge in [0.15, 0.2) is 5.78 Å². The fraction of sp³-hybridized carbons (Fsp3) is 0.222. The molecule has 0 unspecified atom stereocenters. The number of para-hydroxylation sites is 1. The van der Waals surface area contributed by atoms with Crippen LogP contribution in [0.3, 0.4) is 0 Å². The third-order valence-corrected chi connectivity index (χ3v) is 4.08. The quantitative estimate of drug-likeness (QED) is 0.647. The first-order valence-electron chi connectivity index (χ1n) is 7.10. The number of benzene rings is 2. The molecule has 0 spiro atoms. The SMILES string of the molecule is CC(C)C(=O)Cc1cccc(C(=O)c2ccc(Br)cc2)c1N. The number of halogens is 1. The van der Waals surface area contributed by atoms with Crippen molar-refractivity contribution in [2.45, 2.75) is 20.3 Å². The summed E-state index contributed by atoms with van der Waals surface area (Å²) in [5.41, 5.74) is 8.23. The Kier molecular flexibility index (Phi) is 5.14. The molecule has 0 saturated carbocycles. The number of ketones is 2. The van der Waals surface area contributed by atoms with Crippen LogP contribution in [-0.2, 0) is 11.2 Å². The number of carbonyl (C=O) groups excluding carboxylic acids is 2. The normalized spacial score (nSPS) is 10.7. The molecule has 0 bridgehead atoms. The zero-order chi connectivity index (χ0) is 16.3. The number of nitrogen functional groups attached to an aromatic ring is 1. The van der Waals surface area contributed by atoms with E-state index < -0.39 is 0 Å². The van der Waals surface area contributed by atoms with E-state index in [1.807, 2.05) is 26.0 Å². The van der Waals surface area contributed by atoms with Crippen molar-refractivity contribution in [1.29, 1.82) is 0 Å². The molecule has 0 fully saturated rings. The van der Waals surface area contributed by atoms with Crippen molar-refractivity contribution < 1.29 is 9.59 Å². The zero-order valence-electron chi connectivity index (χ0n) is 12.6. The van der Waals surface area contributed by atoms with E-state index in [9.17, 15) is 9.59 Å². The lowest BCUT2D eigenvalue weighted by Crippen LogP contribution is -2.13. The van der Waals surface area contributed by atoms with Crippen LogP contribution in [0.5, 0.6) is 0 Å². The lowest BCUT2D eigenvalue weighted by atomic mass is 9.95. The Hall–Kier alpha value is -1.94. The number of anilines is 1. The molecule has 114 valence electrons. The van der Waals surface area contributed by atoms with Crippen LogP contribution in [0.4, 0.5) is 5.69 Å². The van der Waals surface area contributed by atoms with Crippen LogP contribution in [-0.4, -0.2) is 11.6 Å². The van der Waals surface area contributed by atoms with E-state index in [0.29, 0.717) is 22.4 Å². The molecule has 2 rings (SSSR count). The molecular weight excluding hydrogens is 342 g/mol. The van der Waals surface area contributed by atoms with Crippen LogP contribution in [0.2, 0.25) is 0 Å². The second kappa shape index (κ2) is 6.88. The second-order valence-electron chi connectivity index (χ2n) is 5.51. The summed E-state index contributed by atoms with van der Waals surface area (Å²) >= 11 is 3.34. The predicted octanol–water partition coefficient (Wildman–Crippen LogP) is 4.03. The van der Waals surface area contributed by atoms with E-state index >= 15 is 0 Å². The van der Waals surface area contributed by atoms with Crippen LogP contribution in [0.1, 0.15) is 35.3 Å². The van der Waals surface area contributed by atoms with Crippen molar-refractivity contribution in [3.05, 3.63) is 63.6 Å². The maximum absolute atomic E-state index is 12.6. The minimum absolute atomic E-state index is 0.0507. The number of rotatable bonds is 5. The summed E-state index contributed by atoms with van der Waals surface area (Å²) in [6, 6.07) is 12.4. The fourth-order valence-electron chi connectivity index (χ4n) is 2.11. The molecule has 2 N–H and O–H groups in total. The number of hydrogen-bond acceptors (Lipinski definition) is 3. The van der Waals surface area contributed by atoms with Gasteiger partial charge >= 0.3 is 0 Å². The van der Waals surface area contributed by atoms with Crippen molar-refractivity contribution in [2.24, 2.45) is 5.92 Å². The number of nitrogens with two attached hydrogens (primary N) is 1. The summed E-state index contributed by atoms with van der Waals surface area (Å²) in [6.07, 6.45) is 0.255. The molecular formula is C18H18BrNO2. The third kappa shape index (κ3) is 3.63. The van der Waals surface area contributed by atoms with E-state index in [-0.39, 0.29) is 23.9 Å². The minimum Gasteiger partial charge on any atom is -0.398 e. The van der Waals surface area contributed by atoms with Gasteiger partial charge in [0.2, 0.25) is 0 Å². The maximum atomic E-state index is 12.6. The van der Waals surface area contributed by atoms with Crippen LogP contribution in [0.25, 0.3) is 0 Å². The van der Waals surface area contributed by atoms with Crippen molar-refractivity contribution in [3.63, 3.8) is 0 Å². The molecule has 0 aliphatic rings. The summed E-state index contributed by atoms with van der Waals surface area (Å²) < 4.78 is 0.910. The summed E-state index contributed by atoms with van der Waals surface area (Å²) in [5.74, 6) is -0.0750. The Labute approximate surface area is 138 Å². The molecule has 0 amide bonds. The van der Waals surface area contributed by atoms with Gasteiger partial charge in [0.25, 0.3) is 0 Å². The number of hydrogen-bond donors (Lipinski definition) is 1. The van der Waals surface area contributed by atoms with E-state index in [2.05, 4.69) is 15.9 Å². The number of Topliss-reactive ketones (excluding diaryl/α,β-unsaturated/α-hetero) is 1. The van der Waals surface area contributed by atoms with Crippen molar-refractivity contribution >= 4 is 33.2 Å². The molecule has 0 radical (unpaired) electrons. The molecule has 2 aromatic carbocycles. The Morgan fingerprint density at radius 3 is 2.32 bits per heavy atom. The summed E-state index contributed by atoms with van der Waals surface area (Å²) in [4.78, 5) is 24.5. The van der Waals surface area contributed by atoms with E-state index in [0.717, 1.165) is 4.47 Å². The molecule has 0 atom stereocenters. The molecule has 0 saturated heterocycles. The van der Waals surface area contributed by atoms with E-state index in [1.165, 1.54) is 0 Å². The molecule has 3 nitrogen and oxygen atoms in total. The topological polar surface area (TPSA) is 60.2 Å². The Bertz CT molecular complexity index is 706. The third-order valence-electron chi connectivity index (χ3n) is 3.56. The average molecular weight is 360 g/mol. The first kappa shape index (κ1) is 16.4. The predicted molar refractivity (Wildman–Crippen MR) is 92.0 cm³/mol. The number of carbonyl (C=O) groups is 2. The monoisotopic (exact) mass is 359 g/mol. The Balaban J connectivity index is 2.34. The second-order valence-corrected chi connectivity index (χ2v) is 6.43.